The van der Waals surface area contributed by atoms with E-state index in [2.05, 4.69) is 34.6 Å². The third-order valence-electron chi connectivity index (χ3n) is 8.85. The molecule has 0 heterocycles. The summed E-state index contributed by atoms with van der Waals surface area (Å²) >= 11 is 0. The topological polar surface area (TPSA) is 233 Å². The zero-order valence-corrected chi connectivity index (χ0v) is 40.4. The van der Waals surface area contributed by atoms with Crippen LogP contribution < -0.4 is 23.7 Å². The maximum Gasteiger partial charge on any atom is 0.339 e. The number of para-hydroxylation sites is 2. The predicted molar refractivity (Wildman–Crippen MR) is 264 cm³/mol. The molecule has 0 bridgehead atoms. The van der Waals surface area contributed by atoms with E-state index in [0.717, 1.165) is 50.7 Å². The second kappa shape index (κ2) is 35.6. The summed E-state index contributed by atoms with van der Waals surface area (Å²) in [6.45, 7) is 15.4. The van der Waals surface area contributed by atoms with Crippen molar-refractivity contribution in [2.45, 2.75) is 86.5 Å². The van der Waals surface area contributed by atoms with Crippen LogP contribution in [0.4, 0.5) is 0 Å². The summed E-state index contributed by atoms with van der Waals surface area (Å²) in [5.74, 6) is -1.23. The van der Waals surface area contributed by atoms with Crippen LogP contribution in [0.3, 0.4) is 0 Å². The van der Waals surface area contributed by atoms with Crippen LogP contribution in [-0.2, 0) is 0 Å². The highest BCUT2D eigenvalue weighted by Crippen LogP contribution is 2.20. The highest BCUT2D eigenvalue weighted by Gasteiger charge is 2.11. The number of ether oxygens (including phenoxy) is 5. The van der Waals surface area contributed by atoms with E-state index in [9.17, 15) is 24.0 Å². The van der Waals surface area contributed by atoms with E-state index >= 15 is 0 Å². The summed E-state index contributed by atoms with van der Waals surface area (Å²) in [5, 5.41) is 43.7. The van der Waals surface area contributed by atoms with Crippen molar-refractivity contribution in [1.29, 1.82) is 0 Å². The minimum atomic E-state index is -0.952. The molecular formula is C54H68O15. The van der Waals surface area contributed by atoms with Gasteiger partial charge in [-0.05, 0) is 123 Å². The Morgan fingerprint density at radius 3 is 1.17 bits per heavy atom. The number of hydrogen-bond acceptors (Lipinski definition) is 10. The molecule has 0 fully saturated rings. The molecule has 5 aromatic carbocycles. The number of aromatic carboxylic acids is 5. The number of benzene rings is 5. The minimum absolute atomic E-state index is 0.218. The fraction of sp³-hybridized carbons (Fsp3) is 0.352. The molecule has 0 aliphatic rings. The second-order valence-corrected chi connectivity index (χ2v) is 15.3. The number of carboxylic acid groups (broad SMARTS) is 5. The van der Waals surface area contributed by atoms with E-state index in [-0.39, 0.29) is 27.8 Å². The lowest BCUT2D eigenvalue weighted by molar-refractivity contribution is 0.0681. The quantitative estimate of drug-likeness (QED) is 0.0383. The molecule has 0 radical (unpaired) electrons. The van der Waals surface area contributed by atoms with Crippen molar-refractivity contribution in [3.8, 4) is 28.7 Å². The van der Waals surface area contributed by atoms with Crippen molar-refractivity contribution < 1.29 is 73.2 Å². The Kier molecular flexibility index (Phi) is 30.7. The molecule has 0 atom stereocenters. The average Bonchev–Trinajstić information content (AvgIpc) is 3.34. The molecule has 0 aromatic heterocycles. The molecule has 0 spiro atoms. The van der Waals surface area contributed by atoms with Crippen molar-refractivity contribution in [3.63, 3.8) is 0 Å². The first-order valence-corrected chi connectivity index (χ1v) is 22.9. The highest BCUT2D eigenvalue weighted by atomic mass is 16.5. The molecule has 15 heteroatoms. The van der Waals surface area contributed by atoms with E-state index in [0.29, 0.717) is 62.0 Å². The Bertz CT molecular complexity index is 2240. The van der Waals surface area contributed by atoms with Gasteiger partial charge in [-0.15, -0.1) is 0 Å². The first-order chi connectivity index (χ1) is 33.1. The van der Waals surface area contributed by atoms with Crippen molar-refractivity contribution in [1.82, 2.24) is 0 Å². The number of carboxylic acids is 5. The van der Waals surface area contributed by atoms with Gasteiger partial charge in [0.25, 0.3) is 0 Å². The average molecular weight is 957 g/mol. The molecule has 0 aliphatic heterocycles. The molecule has 69 heavy (non-hydrogen) atoms. The van der Waals surface area contributed by atoms with E-state index in [4.69, 9.17) is 49.2 Å². The standard InChI is InChI=1S/4C11H14O3.C10H12O3/c1-8(2)7-14-10-5-3-9(4-6-10)11(12)13;1-2-3-8-14-10-6-4-9(5-7-10)11(12)13;1-2-3-8-14-10-7-5-4-6-9(10)11(12)13;1-2-3-7-14-10-6-4-5-9(8-10)11(12)13;1-2-7-13-9-6-4-3-5-8(9)10(11)12/h3-6,8H,7H2,1-2H3,(H,12,13);2*4-7H,2-3,8H2,1H3,(H,12,13);4-6,8H,2-3,7H2,1H3,(H,12,13);3-6H,2,7H2,1H3,(H,11,12). The van der Waals surface area contributed by atoms with Gasteiger partial charge < -0.3 is 49.2 Å². The van der Waals surface area contributed by atoms with Gasteiger partial charge in [0.05, 0.1) is 49.7 Å². The largest absolute Gasteiger partial charge is 0.494 e. The maximum absolute atomic E-state index is 10.8. The van der Waals surface area contributed by atoms with Crippen LogP contribution in [-0.4, -0.2) is 88.4 Å². The Labute approximate surface area is 405 Å². The van der Waals surface area contributed by atoms with Crippen LogP contribution in [0, 0.1) is 5.92 Å². The van der Waals surface area contributed by atoms with Crippen molar-refractivity contribution in [3.05, 3.63) is 149 Å². The lowest BCUT2D eigenvalue weighted by Gasteiger charge is -2.08. The summed E-state index contributed by atoms with van der Waals surface area (Å²) in [5.41, 5.74) is 1.27. The van der Waals surface area contributed by atoms with Crippen LogP contribution in [0.25, 0.3) is 0 Å². The van der Waals surface area contributed by atoms with Gasteiger partial charge in [-0.3, -0.25) is 0 Å². The van der Waals surface area contributed by atoms with Gasteiger partial charge >= 0.3 is 29.8 Å². The molecule has 15 nitrogen and oxygen atoms in total. The molecule has 374 valence electrons. The minimum Gasteiger partial charge on any atom is -0.494 e. The molecule has 5 N–H and O–H groups in total. The first kappa shape index (κ1) is 59.5. The Morgan fingerprint density at radius 2 is 0.783 bits per heavy atom. The fourth-order valence-corrected chi connectivity index (χ4v) is 5.11. The highest BCUT2D eigenvalue weighted by molar-refractivity contribution is 5.91. The number of unbranched alkanes of at least 4 members (excludes halogenated alkanes) is 3. The van der Waals surface area contributed by atoms with E-state index in [1.165, 1.54) is 24.3 Å². The molecule has 5 aromatic rings. The van der Waals surface area contributed by atoms with Gasteiger partial charge in [-0.1, -0.05) is 91.1 Å². The molecule has 0 saturated carbocycles. The maximum atomic E-state index is 10.8. The Hall–Kier alpha value is -7.55. The van der Waals surface area contributed by atoms with E-state index in [1.807, 2.05) is 6.92 Å². The van der Waals surface area contributed by atoms with Crippen LogP contribution in [0.15, 0.2) is 121 Å². The predicted octanol–water partition coefficient (Wildman–Crippen LogP) is 12.3. The first-order valence-electron chi connectivity index (χ1n) is 22.9. The third-order valence-corrected chi connectivity index (χ3v) is 8.85. The molecule has 0 saturated heterocycles. The smallest absolute Gasteiger partial charge is 0.339 e. The lowest BCUT2D eigenvalue weighted by atomic mass is 10.2. The number of rotatable bonds is 23. The Balaban J connectivity index is 0.000000431. The van der Waals surface area contributed by atoms with Crippen molar-refractivity contribution in [2.24, 2.45) is 5.92 Å². The SMILES string of the molecule is CC(C)COc1ccc(C(=O)O)cc1.CCCCOc1ccc(C(=O)O)cc1.CCCCOc1cccc(C(=O)O)c1.CCCCOc1ccccc1C(=O)O.CCCOc1ccccc1C(=O)O. The normalized spacial score (nSPS) is 9.84. The van der Waals surface area contributed by atoms with Gasteiger partial charge in [-0.25, -0.2) is 24.0 Å². The summed E-state index contributed by atoms with van der Waals surface area (Å²) in [4.78, 5) is 53.2. The van der Waals surface area contributed by atoms with Crippen LogP contribution in [0.5, 0.6) is 28.7 Å². The zero-order valence-electron chi connectivity index (χ0n) is 40.4. The second-order valence-electron chi connectivity index (χ2n) is 15.3. The van der Waals surface area contributed by atoms with Gasteiger partial charge in [0.15, 0.2) is 0 Å². The molecule has 5 rings (SSSR count). The van der Waals surface area contributed by atoms with Crippen LogP contribution >= 0.6 is 0 Å². The summed E-state index contributed by atoms with van der Waals surface area (Å²) < 4.78 is 26.8. The summed E-state index contributed by atoms with van der Waals surface area (Å²) in [7, 11) is 0. The molecular weight excluding hydrogens is 889 g/mol. The summed E-state index contributed by atoms with van der Waals surface area (Å²) in [6.07, 6.45) is 7.00. The van der Waals surface area contributed by atoms with Gasteiger partial charge in [0.1, 0.15) is 39.9 Å². The van der Waals surface area contributed by atoms with Crippen LogP contribution in [0.1, 0.15) is 138 Å². The van der Waals surface area contributed by atoms with Gasteiger partial charge in [0, 0.05) is 0 Å². The third kappa shape index (κ3) is 26.4. The van der Waals surface area contributed by atoms with E-state index < -0.39 is 29.8 Å². The van der Waals surface area contributed by atoms with Crippen molar-refractivity contribution >= 4 is 29.8 Å². The van der Waals surface area contributed by atoms with Crippen molar-refractivity contribution in [2.75, 3.05) is 33.0 Å². The van der Waals surface area contributed by atoms with Crippen LogP contribution in [0.2, 0.25) is 0 Å². The summed E-state index contributed by atoms with van der Waals surface area (Å²) in [6, 6.07) is 32.7. The molecule has 0 unspecified atom stereocenters. The molecule has 0 amide bonds. The lowest BCUT2D eigenvalue weighted by Crippen LogP contribution is -2.04. The Morgan fingerprint density at radius 1 is 0.391 bits per heavy atom. The zero-order chi connectivity index (χ0) is 51.4. The van der Waals surface area contributed by atoms with Gasteiger partial charge in [-0.2, -0.15) is 0 Å². The van der Waals surface area contributed by atoms with Gasteiger partial charge in [0.2, 0.25) is 0 Å². The van der Waals surface area contributed by atoms with E-state index in [1.54, 1.807) is 97.1 Å². The fourth-order valence-electron chi connectivity index (χ4n) is 5.11. The molecule has 0 aliphatic carbocycles. The number of hydrogen-bond donors (Lipinski definition) is 5. The number of carbonyl (C=O) groups is 5. The monoisotopic (exact) mass is 956 g/mol.